The van der Waals surface area contributed by atoms with Gasteiger partial charge in [-0.3, -0.25) is 15.1 Å². The first kappa shape index (κ1) is 45.4. The number of nitrogens with zero attached hydrogens (tertiary/aromatic N) is 3. The summed E-state index contributed by atoms with van der Waals surface area (Å²) in [5.41, 5.74) is 18.8. The third kappa shape index (κ3) is 8.19. The molecule has 0 aromatic heterocycles. The lowest BCUT2D eigenvalue weighted by molar-refractivity contribution is -0.0654. The van der Waals surface area contributed by atoms with Gasteiger partial charge in [-0.05, 0) is 217 Å². The molecule has 5 nitrogen and oxygen atoms in total. The van der Waals surface area contributed by atoms with E-state index in [-0.39, 0.29) is 24.4 Å². The molecular formula is C64H85N5. The summed E-state index contributed by atoms with van der Waals surface area (Å²) < 4.78 is 0. The van der Waals surface area contributed by atoms with Gasteiger partial charge in [-0.2, -0.15) is 0 Å². The van der Waals surface area contributed by atoms with Crippen molar-refractivity contribution >= 4 is 6.08 Å². The van der Waals surface area contributed by atoms with Gasteiger partial charge in [0.05, 0.1) is 18.2 Å². The van der Waals surface area contributed by atoms with Crippen molar-refractivity contribution in [2.45, 2.75) is 196 Å². The van der Waals surface area contributed by atoms with E-state index in [4.69, 9.17) is 5.73 Å². The van der Waals surface area contributed by atoms with Crippen molar-refractivity contribution in [1.82, 2.24) is 20.0 Å². The molecule has 366 valence electrons. The van der Waals surface area contributed by atoms with Crippen LogP contribution in [0.5, 0.6) is 0 Å². The lowest BCUT2D eigenvalue weighted by Crippen LogP contribution is -2.72. The molecule has 2 saturated heterocycles. The number of allylic oxidation sites excluding steroid dienone is 7. The maximum atomic E-state index is 7.78. The molecule has 13 rings (SSSR count). The number of nitrogens with one attached hydrogen (secondary N) is 1. The number of fused-ring (bicyclic) bond motifs is 6. The smallest absolute Gasteiger partial charge is 0.101 e. The standard InChI is InChI=1S/C64H85N5/c1-41-15-6-9-22-52(41)43-29-33-51(34-30-43)68-57-25-12-10-23-53(57)55-39-48(31-35-59(55)68)49-32-36-60-56(40-49)54-24-11-13-26-58(54)69(60)64-61(65)62(44-17-4-3-5-18-44)66-63(67(64)2)50-21-14-20-46(38-50)47-28-27-42-16-7-8-19-45(42)37-47/h3-6,8,10,13,15,17-19,23,26-28,32,37,41,43,46,48,50-53,55-57,59-64,66H,7,9,11-12,14,16,20-22,24-25,29-31,33-36,38-40,65H2,1-2H3/t41-,43?,46?,48?,50?,51?,52?,53?,55?,56?,57?,59?,60?,61-,62?,63?,64?/m1/s1. The first-order valence-corrected chi connectivity index (χ1v) is 29.0. The number of hydrogen-bond acceptors (Lipinski definition) is 5. The van der Waals surface area contributed by atoms with Crippen molar-refractivity contribution in [3.8, 4) is 0 Å². The van der Waals surface area contributed by atoms with E-state index in [0.29, 0.717) is 23.8 Å². The number of aryl methyl sites for hydroxylation is 1. The summed E-state index contributed by atoms with van der Waals surface area (Å²) in [4.78, 5) is 8.90. The molecule has 0 amide bonds. The van der Waals surface area contributed by atoms with E-state index in [9.17, 15) is 0 Å². The van der Waals surface area contributed by atoms with Gasteiger partial charge in [0.1, 0.15) is 6.17 Å². The zero-order valence-corrected chi connectivity index (χ0v) is 42.4. The van der Waals surface area contributed by atoms with Gasteiger partial charge in [0.2, 0.25) is 0 Å². The molecule has 13 unspecified atom stereocenters. The Kier molecular flexibility index (Phi) is 12.6. The van der Waals surface area contributed by atoms with E-state index >= 15 is 0 Å². The first-order valence-electron chi connectivity index (χ1n) is 29.0. The van der Waals surface area contributed by atoms with Gasteiger partial charge in [-0.15, -0.1) is 0 Å². The fourth-order valence-electron chi connectivity index (χ4n) is 18.3. The number of nitrogens with two attached hydrogens (primary N) is 1. The zero-order valence-electron chi connectivity index (χ0n) is 42.4. The summed E-state index contributed by atoms with van der Waals surface area (Å²) in [5, 5.41) is 4.29. The third-order valence-electron chi connectivity index (χ3n) is 21.5. The summed E-state index contributed by atoms with van der Waals surface area (Å²) in [5.74, 6) is 6.76. The second kappa shape index (κ2) is 19.2. The molecule has 3 N–H and O–H groups in total. The number of likely N-dealkylation sites (tertiary alicyclic amines) is 1. The van der Waals surface area contributed by atoms with Crippen LogP contribution in [0.25, 0.3) is 6.08 Å². The predicted molar refractivity (Wildman–Crippen MR) is 285 cm³/mol. The van der Waals surface area contributed by atoms with Crippen LogP contribution in [-0.4, -0.2) is 64.3 Å². The minimum Gasteiger partial charge on any atom is -0.350 e. The zero-order chi connectivity index (χ0) is 46.2. The molecular weight excluding hydrogens is 839 g/mol. The molecule has 3 heterocycles. The van der Waals surface area contributed by atoms with Crippen molar-refractivity contribution in [3.05, 3.63) is 136 Å². The monoisotopic (exact) mass is 924 g/mol. The normalized spacial score (nSPS) is 42.1. The fourth-order valence-corrected chi connectivity index (χ4v) is 18.3. The van der Waals surface area contributed by atoms with Crippen molar-refractivity contribution in [1.29, 1.82) is 0 Å². The molecule has 15 atom stereocenters. The van der Waals surface area contributed by atoms with Gasteiger partial charge in [0.15, 0.2) is 0 Å². The summed E-state index contributed by atoms with van der Waals surface area (Å²) in [6, 6.07) is 21.7. The summed E-state index contributed by atoms with van der Waals surface area (Å²) in [6.07, 6.45) is 51.0. The molecule has 3 aliphatic heterocycles. The molecule has 8 aliphatic carbocycles. The summed E-state index contributed by atoms with van der Waals surface area (Å²) in [6.45, 7) is 2.50. The van der Waals surface area contributed by atoms with Crippen LogP contribution in [0.4, 0.5) is 0 Å². The Morgan fingerprint density at radius 3 is 2.41 bits per heavy atom. The number of rotatable bonds is 7. The topological polar surface area (TPSA) is 47.8 Å². The predicted octanol–water partition coefficient (Wildman–Crippen LogP) is 13.4. The highest BCUT2D eigenvalue weighted by Crippen LogP contribution is 2.56. The molecule has 2 aromatic carbocycles. The highest BCUT2D eigenvalue weighted by Gasteiger charge is 2.55. The Morgan fingerprint density at radius 2 is 1.52 bits per heavy atom. The van der Waals surface area contributed by atoms with Gasteiger partial charge >= 0.3 is 0 Å². The van der Waals surface area contributed by atoms with Crippen LogP contribution < -0.4 is 11.1 Å². The highest BCUT2D eigenvalue weighted by molar-refractivity contribution is 5.57. The number of benzene rings is 2. The molecule has 2 aromatic rings. The van der Waals surface area contributed by atoms with Crippen LogP contribution in [0.1, 0.15) is 170 Å². The average Bonchev–Trinajstić information content (AvgIpc) is 3.91. The lowest BCUT2D eigenvalue weighted by atomic mass is 9.67. The largest absolute Gasteiger partial charge is 0.350 e. The average molecular weight is 924 g/mol. The Bertz CT molecular complexity index is 2360. The van der Waals surface area contributed by atoms with Crippen LogP contribution in [0, 0.1) is 47.3 Å². The molecule has 11 aliphatic rings. The Hall–Kier alpha value is -3.48. The van der Waals surface area contributed by atoms with Crippen LogP contribution in [0.15, 0.2) is 114 Å². The fraction of sp³-hybridized carbons (Fsp3) is 0.625. The maximum absolute atomic E-state index is 7.78. The van der Waals surface area contributed by atoms with Gasteiger partial charge in [0.25, 0.3) is 0 Å². The van der Waals surface area contributed by atoms with Crippen molar-refractivity contribution < 1.29 is 0 Å². The lowest BCUT2D eigenvalue weighted by Gasteiger charge is -2.56. The van der Waals surface area contributed by atoms with E-state index in [2.05, 4.69) is 137 Å². The quantitative estimate of drug-likeness (QED) is 0.271. The first-order chi connectivity index (χ1) is 34.0. The van der Waals surface area contributed by atoms with E-state index in [1.54, 1.807) is 11.1 Å². The molecule has 0 radical (unpaired) electrons. The van der Waals surface area contributed by atoms with Gasteiger partial charge in [-0.1, -0.05) is 116 Å². The summed E-state index contributed by atoms with van der Waals surface area (Å²) >= 11 is 0. The molecule has 5 heteroatoms. The third-order valence-corrected chi connectivity index (χ3v) is 21.5. The second-order valence-corrected chi connectivity index (χ2v) is 24.8. The van der Waals surface area contributed by atoms with E-state index in [0.717, 1.165) is 60.1 Å². The molecule has 69 heavy (non-hydrogen) atoms. The van der Waals surface area contributed by atoms with E-state index in [1.165, 1.54) is 151 Å². The van der Waals surface area contributed by atoms with Gasteiger partial charge < -0.3 is 10.6 Å². The molecule has 0 spiro atoms. The number of likely N-dealkylation sites (N-methyl/N-ethyl adjacent to an activating group) is 1. The Morgan fingerprint density at radius 1 is 0.681 bits per heavy atom. The molecule has 0 bridgehead atoms. The molecule has 5 fully saturated rings. The maximum Gasteiger partial charge on any atom is 0.101 e. The van der Waals surface area contributed by atoms with Crippen molar-refractivity contribution in [3.63, 3.8) is 0 Å². The van der Waals surface area contributed by atoms with E-state index < -0.39 is 0 Å². The van der Waals surface area contributed by atoms with Gasteiger partial charge in [-0.25, -0.2) is 0 Å². The Balaban J connectivity index is 0.749. The van der Waals surface area contributed by atoms with Crippen LogP contribution >= 0.6 is 0 Å². The van der Waals surface area contributed by atoms with Crippen molar-refractivity contribution in [2.24, 2.45) is 53.1 Å². The van der Waals surface area contributed by atoms with Crippen LogP contribution in [-0.2, 0) is 6.42 Å². The Labute approximate surface area is 416 Å². The van der Waals surface area contributed by atoms with Crippen molar-refractivity contribution in [2.75, 3.05) is 7.05 Å². The second-order valence-electron chi connectivity index (χ2n) is 24.8. The molecule has 3 saturated carbocycles. The number of hydrogen-bond donors (Lipinski definition) is 2. The van der Waals surface area contributed by atoms with Gasteiger partial charge in [0, 0.05) is 35.8 Å². The minimum atomic E-state index is -0.0613. The van der Waals surface area contributed by atoms with Crippen LogP contribution in [0.3, 0.4) is 0 Å². The summed E-state index contributed by atoms with van der Waals surface area (Å²) in [7, 11) is 2.44. The van der Waals surface area contributed by atoms with Crippen LogP contribution in [0.2, 0.25) is 0 Å². The highest BCUT2D eigenvalue weighted by atomic mass is 15.5. The SMILES string of the molecule is C[C@@H]1C=CCCC1C1CCC(N2C3CCC=CC3C3CC(C4=CCC5C(C4)C4=C(C=CCC4)N5C4[C@H](N)C(c5ccccc5)NC(C5CCCC(c6ccc7c(c6)C=CCC7)C5)N4C)CCC32)CC1. The minimum absolute atomic E-state index is 0.0613. The van der Waals surface area contributed by atoms with E-state index in [1.807, 2.05) is 5.57 Å².